The molecule has 0 saturated heterocycles. The summed E-state index contributed by atoms with van der Waals surface area (Å²) in [6.45, 7) is -0.409. The molecule has 114 valence electrons. The fourth-order valence-electron chi connectivity index (χ4n) is 2.25. The van der Waals surface area contributed by atoms with Gasteiger partial charge in [-0.1, -0.05) is 28.1 Å². The Bertz CT molecular complexity index is 825. The summed E-state index contributed by atoms with van der Waals surface area (Å²) in [7, 11) is 0. The molecule has 3 aromatic rings. The van der Waals surface area contributed by atoms with Crippen LogP contribution in [0.1, 0.15) is 11.3 Å². The normalized spacial score (nSPS) is 12.0. The lowest BCUT2D eigenvalue weighted by Crippen LogP contribution is -2.07. The summed E-state index contributed by atoms with van der Waals surface area (Å²) in [6.07, 6.45) is -3.49. The van der Waals surface area contributed by atoms with Gasteiger partial charge in [-0.3, -0.25) is 0 Å². The van der Waals surface area contributed by atoms with Crippen LogP contribution in [0.25, 0.3) is 16.9 Å². The Morgan fingerprint density at radius 2 is 1.77 bits per heavy atom. The second kappa shape index (κ2) is 5.40. The SMILES string of the molecule is OCc1c(-c2ccc(Br)cc2)nc2ccc(C(F)(F)F)cn12. The van der Waals surface area contributed by atoms with Crippen LogP contribution >= 0.6 is 15.9 Å². The van der Waals surface area contributed by atoms with Gasteiger partial charge in [0.15, 0.2) is 0 Å². The minimum Gasteiger partial charge on any atom is -0.390 e. The number of hydrogen-bond acceptors (Lipinski definition) is 2. The van der Waals surface area contributed by atoms with Crippen molar-refractivity contribution in [1.29, 1.82) is 0 Å². The summed E-state index contributed by atoms with van der Waals surface area (Å²) >= 11 is 3.32. The number of aromatic nitrogens is 2. The lowest BCUT2D eigenvalue weighted by molar-refractivity contribution is -0.137. The Morgan fingerprint density at radius 1 is 1.09 bits per heavy atom. The van der Waals surface area contributed by atoms with Crippen molar-refractivity contribution >= 4 is 21.6 Å². The van der Waals surface area contributed by atoms with Gasteiger partial charge in [-0.25, -0.2) is 4.98 Å². The maximum Gasteiger partial charge on any atom is 0.417 e. The van der Waals surface area contributed by atoms with E-state index < -0.39 is 18.3 Å². The van der Waals surface area contributed by atoms with Crippen LogP contribution in [-0.4, -0.2) is 14.5 Å². The molecule has 0 atom stereocenters. The van der Waals surface area contributed by atoms with E-state index in [-0.39, 0.29) is 0 Å². The molecule has 0 aliphatic rings. The Labute approximate surface area is 132 Å². The third kappa shape index (κ3) is 2.62. The van der Waals surface area contributed by atoms with Crippen LogP contribution in [0.5, 0.6) is 0 Å². The highest BCUT2D eigenvalue weighted by atomic mass is 79.9. The monoisotopic (exact) mass is 370 g/mol. The average Bonchev–Trinajstić information content (AvgIpc) is 2.84. The van der Waals surface area contributed by atoms with Crippen molar-refractivity contribution in [3.8, 4) is 11.3 Å². The number of hydrogen-bond donors (Lipinski definition) is 1. The van der Waals surface area contributed by atoms with E-state index in [2.05, 4.69) is 20.9 Å². The molecule has 1 aromatic carbocycles. The second-order valence-corrected chi connectivity index (χ2v) is 5.63. The topological polar surface area (TPSA) is 37.5 Å². The molecule has 0 aliphatic carbocycles. The minimum absolute atomic E-state index is 0.323. The van der Waals surface area contributed by atoms with Gasteiger partial charge in [0, 0.05) is 16.2 Å². The third-order valence-electron chi connectivity index (χ3n) is 3.31. The summed E-state index contributed by atoms with van der Waals surface area (Å²) in [5.41, 5.74) is 1.09. The van der Waals surface area contributed by atoms with Gasteiger partial charge in [0.1, 0.15) is 5.65 Å². The van der Waals surface area contributed by atoms with Crippen LogP contribution in [-0.2, 0) is 12.8 Å². The highest BCUT2D eigenvalue weighted by Gasteiger charge is 2.31. The molecule has 1 N–H and O–H groups in total. The molecular weight excluding hydrogens is 361 g/mol. The molecule has 0 aliphatic heterocycles. The third-order valence-corrected chi connectivity index (χ3v) is 3.84. The summed E-state index contributed by atoms with van der Waals surface area (Å²) < 4.78 is 40.6. The van der Waals surface area contributed by atoms with Crippen LogP contribution in [0.2, 0.25) is 0 Å². The van der Waals surface area contributed by atoms with Crippen LogP contribution in [0.15, 0.2) is 47.1 Å². The molecule has 7 heteroatoms. The first-order valence-electron chi connectivity index (χ1n) is 6.35. The van der Waals surface area contributed by atoms with Crippen molar-refractivity contribution in [2.75, 3.05) is 0 Å². The van der Waals surface area contributed by atoms with Gasteiger partial charge < -0.3 is 9.51 Å². The van der Waals surface area contributed by atoms with Crippen LogP contribution < -0.4 is 0 Å². The molecule has 2 heterocycles. The van der Waals surface area contributed by atoms with Crippen molar-refractivity contribution in [1.82, 2.24) is 9.38 Å². The first kappa shape index (κ1) is 15.1. The average molecular weight is 371 g/mol. The number of halogens is 4. The molecule has 0 amide bonds. The van der Waals surface area contributed by atoms with Gasteiger partial charge in [0.05, 0.1) is 23.6 Å². The molecule has 0 fully saturated rings. The molecule has 2 aromatic heterocycles. The maximum absolute atomic E-state index is 12.8. The van der Waals surface area contributed by atoms with Gasteiger partial charge in [-0.05, 0) is 24.3 Å². The van der Waals surface area contributed by atoms with E-state index in [9.17, 15) is 18.3 Å². The Kier molecular flexibility index (Phi) is 3.70. The molecule has 22 heavy (non-hydrogen) atoms. The zero-order valence-electron chi connectivity index (χ0n) is 11.1. The van der Waals surface area contributed by atoms with Crippen molar-refractivity contribution in [3.63, 3.8) is 0 Å². The van der Waals surface area contributed by atoms with Gasteiger partial charge >= 0.3 is 6.18 Å². The standard InChI is InChI=1S/C15H10BrF3N2O/c16-11-4-1-9(2-5-11)14-12(8-22)21-7-10(15(17,18)19)3-6-13(21)20-14/h1-7,22H,8H2. The molecule has 0 saturated carbocycles. The van der Waals surface area contributed by atoms with E-state index in [1.807, 2.05) is 12.1 Å². The first-order chi connectivity index (χ1) is 10.4. The van der Waals surface area contributed by atoms with Crippen molar-refractivity contribution in [3.05, 3.63) is 58.3 Å². The number of benzene rings is 1. The number of rotatable bonds is 2. The zero-order chi connectivity index (χ0) is 15.9. The van der Waals surface area contributed by atoms with Crippen LogP contribution in [0.4, 0.5) is 13.2 Å². The molecule has 0 unspecified atom stereocenters. The molecule has 3 rings (SSSR count). The number of fused-ring (bicyclic) bond motifs is 1. The number of pyridine rings is 1. The lowest BCUT2D eigenvalue weighted by Gasteiger charge is -2.08. The van der Waals surface area contributed by atoms with Gasteiger partial charge in [0.25, 0.3) is 0 Å². The smallest absolute Gasteiger partial charge is 0.390 e. The Morgan fingerprint density at radius 3 is 2.36 bits per heavy atom. The number of imidazole rings is 1. The summed E-state index contributed by atoms with van der Waals surface area (Å²) in [5, 5.41) is 9.56. The van der Waals surface area contributed by atoms with E-state index in [1.165, 1.54) is 10.5 Å². The van der Waals surface area contributed by atoms with Crippen molar-refractivity contribution in [2.24, 2.45) is 0 Å². The highest BCUT2D eigenvalue weighted by molar-refractivity contribution is 9.10. The quantitative estimate of drug-likeness (QED) is 0.731. The van der Waals surface area contributed by atoms with E-state index in [0.29, 0.717) is 17.0 Å². The van der Waals surface area contributed by atoms with Crippen LogP contribution in [0.3, 0.4) is 0 Å². The van der Waals surface area contributed by atoms with Gasteiger partial charge in [-0.15, -0.1) is 0 Å². The molecule has 3 nitrogen and oxygen atoms in total. The summed E-state index contributed by atoms with van der Waals surface area (Å²) in [5.74, 6) is 0. The predicted molar refractivity (Wildman–Crippen MR) is 79.3 cm³/mol. The van der Waals surface area contributed by atoms with Gasteiger partial charge in [0.2, 0.25) is 0 Å². The molecule has 0 spiro atoms. The maximum atomic E-state index is 12.8. The molecule has 0 bridgehead atoms. The number of nitrogens with zero attached hydrogens (tertiary/aromatic N) is 2. The van der Waals surface area contributed by atoms with Crippen molar-refractivity contribution in [2.45, 2.75) is 12.8 Å². The Balaban J connectivity index is 2.22. The number of aliphatic hydroxyl groups is 1. The fourth-order valence-corrected chi connectivity index (χ4v) is 2.52. The van der Waals surface area contributed by atoms with E-state index in [0.717, 1.165) is 22.3 Å². The summed E-state index contributed by atoms with van der Waals surface area (Å²) in [6, 6.07) is 9.47. The lowest BCUT2D eigenvalue weighted by atomic mass is 10.1. The number of alkyl halides is 3. The predicted octanol–water partition coefficient (Wildman–Crippen LogP) is 4.27. The Hall–Kier alpha value is -1.86. The zero-order valence-corrected chi connectivity index (χ0v) is 12.7. The fraction of sp³-hybridized carbons (Fsp3) is 0.133. The molecular formula is C15H10BrF3N2O. The number of aliphatic hydroxyl groups excluding tert-OH is 1. The van der Waals surface area contributed by atoms with E-state index in [1.54, 1.807) is 12.1 Å². The van der Waals surface area contributed by atoms with Crippen LogP contribution in [0, 0.1) is 0 Å². The highest BCUT2D eigenvalue weighted by Crippen LogP contribution is 2.31. The first-order valence-corrected chi connectivity index (χ1v) is 7.14. The van der Waals surface area contributed by atoms with Crippen molar-refractivity contribution < 1.29 is 18.3 Å². The van der Waals surface area contributed by atoms with E-state index in [4.69, 9.17) is 0 Å². The second-order valence-electron chi connectivity index (χ2n) is 4.72. The largest absolute Gasteiger partial charge is 0.417 e. The van der Waals surface area contributed by atoms with E-state index >= 15 is 0 Å². The van der Waals surface area contributed by atoms with Gasteiger partial charge in [-0.2, -0.15) is 13.2 Å². The summed E-state index contributed by atoms with van der Waals surface area (Å²) in [4.78, 5) is 4.33. The molecule has 0 radical (unpaired) electrons. The minimum atomic E-state index is -4.44.